The third kappa shape index (κ3) is 2.30. The van der Waals surface area contributed by atoms with Crippen LogP contribution in [-0.2, 0) is 12.8 Å². The molecule has 0 bridgehead atoms. The van der Waals surface area contributed by atoms with Crippen LogP contribution in [0, 0.1) is 5.82 Å². The van der Waals surface area contributed by atoms with Gasteiger partial charge in [-0.1, -0.05) is 22.8 Å². The van der Waals surface area contributed by atoms with Crippen molar-refractivity contribution in [2.75, 3.05) is 0 Å². The third-order valence-electron chi connectivity index (χ3n) is 2.16. The van der Waals surface area contributed by atoms with Crippen molar-refractivity contribution in [2.24, 2.45) is 0 Å². The van der Waals surface area contributed by atoms with E-state index in [0.29, 0.717) is 29.3 Å². The lowest BCUT2D eigenvalue weighted by molar-refractivity contribution is 0.381. The van der Waals surface area contributed by atoms with E-state index < -0.39 is 5.76 Å². The fourth-order valence-electron chi connectivity index (χ4n) is 1.38. The van der Waals surface area contributed by atoms with Crippen molar-refractivity contribution in [1.82, 2.24) is 10.1 Å². The SMILES string of the molecule is O=c1[nH]c(CCc2c(F)cccc2Cl)no1. The summed E-state index contributed by atoms with van der Waals surface area (Å²) in [6.07, 6.45) is 0.723. The zero-order chi connectivity index (χ0) is 11.5. The lowest BCUT2D eigenvalue weighted by Crippen LogP contribution is -2.00. The molecule has 0 aliphatic rings. The number of halogens is 2. The highest BCUT2D eigenvalue weighted by Gasteiger charge is 2.08. The molecule has 1 N–H and O–H groups in total. The van der Waals surface area contributed by atoms with Crippen molar-refractivity contribution in [3.05, 3.63) is 51.0 Å². The van der Waals surface area contributed by atoms with Gasteiger partial charge in [0.2, 0.25) is 0 Å². The van der Waals surface area contributed by atoms with Crippen molar-refractivity contribution in [2.45, 2.75) is 12.8 Å². The average Bonchev–Trinajstić information content (AvgIpc) is 2.63. The number of rotatable bonds is 3. The van der Waals surface area contributed by atoms with Gasteiger partial charge >= 0.3 is 5.76 Å². The predicted molar refractivity (Wildman–Crippen MR) is 55.9 cm³/mol. The van der Waals surface area contributed by atoms with E-state index in [9.17, 15) is 9.18 Å². The number of aryl methyl sites for hydroxylation is 1. The molecule has 4 nitrogen and oxygen atoms in total. The summed E-state index contributed by atoms with van der Waals surface area (Å²) in [6, 6.07) is 4.50. The summed E-state index contributed by atoms with van der Waals surface area (Å²) in [4.78, 5) is 13.0. The summed E-state index contributed by atoms with van der Waals surface area (Å²) in [6.45, 7) is 0. The maximum atomic E-state index is 13.4. The van der Waals surface area contributed by atoms with Gasteiger partial charge in [0.15, 0.2) is 5.82 Å². The smallest absolute Gasteiger partial charge is 0.296 e. The fraction of sp³-hybridized carbons (Fsp3) is 0.200. The van der Waals surface area contributed by atoms with Gasteiger partial charge in [-0.25, -0.2) is 9.18 Å². The van der Waals surface area contributed by atoms with Crippen molar-refractivity contribution >= 4 is 11.6 Å². The van der Waals surface area contributed by atoms with Crippen LogP contribution in [0.5, 0.6) is 0 Å². The van der Waals surface area contributed by atoms with Crippen LogP contribution in [0.3, 0.4) is 0 Å². The van der Waals surface area contributed by atoms with Gasteiger partial charge in [-0.2, -0.15) is 0 Å². The lowest BCUT2D eigenvalue weighted by atomic mass is 10.1. The van der Waals surface area contributed by atoms with E-state index in [0.717, 1.165) is 0 Å². The molecule has 0 radical (unpaired) electrons. The molecular formula is C10H8ClFN2O2. The Kier molecular flexibility index (Phi) is 3.05. The maximum Gasteiger partial charge on any atom is 0.438 e. The molecule has 0 aliphatic carbocycles. The Morgan fingerprint density at radius 1 is 1.44 bits per heavy atom. The van der Waals surface area contributed by atoms with Gasteiger partial charge in [-0.3, -0.25) is 9.51 Å². The Hall–Kier alpha value is -1.62. The molecule has 0 aliphatic heterocycles. The van der Waals surface area contributed by atoms with Gasteiger partial charge in [0.25, 0.3) is 0 Å². The number of hydrogen-bond donors (Lipinski definition) is 1. The molecule has 0 saturated carbocycles. The van der Waals surface area contributed by atoms with Gasteiger partial charge in [-0.05, 0) is 18.6 Å². The highest BCUT2D eigenvalue weighted by molar-refractivity contribution is 6.31. The Balaban J connectivity index is 2.13. The van der Waals surface area contributed by atoms with Crippen LogP contribution in [-0.4, -0.2) is 10.1 Å². The van der Waals surface area contributed by atoms with Gasteiger partial charge < -0.3 is 0 Å². The Bertz CT molecular complexity index is 529. The summed E-state index contributed by atoms with van der Waals surface area (Å²) in [5.41, 5.74) is 0.410. The molecule has 6 heteroatoms. The minimum absolute atomic E-state index is 0.355. The first kappa shape index (κ1) is 10.9. The van der Waals surface area contributed by atoms with E-state index in [1.807, 2.05) is 0 Å². The van der Waals surface area contributed by atoms with Crippen LogP contribution >= 0.6 is 11.6 Å². The quantitative estimate of drug-likeness (QED) is 0.895. The van der Waals surface area contributed by atoms with E-state index in [1.165, 1.54) is 6.07 Å². The first-order valence-electron chi connectivity index (χ1n) is 4.64. The van der Waals surface area contributed by atoms with Crippen LogP contribution in [0.25, 0.3) is 0 Å². The number of nitrogens with one attached hydrogen (secondary N) is 1. The zero-order valence-corrected chi connectivity index (χ0v) is 8.92. The fourth-order valence-corrected chi connectivity index (χ4v) is 1.64. The van der Waals surface area contributed by atoms with Crippen molar-refractivity contribution in [3.63, 3.8) is 0 Å². The van der Waals surface area contributed by atoms with Gasteiger partial charge in [0.05, 0.1) is 0 Å². The van der Waals surface area contributed by atoms with Gasteiger partial charge in [0.1, 0.15) is 5.82 Å². The first-order valence-corrected chi connectivity index (χ1v) is 5.02. The molecule has 0 spiro atoms. The molecule has 2 aromatic rings. The normalized spacial score (nSPS) is 10.6. The summed E-state index contributed by atoms with van der Waals surface area (Å²) >= 11 is 5.85. The molecule has 0 unspecified atom stereocenters. The number of H-pyrrole nitrogens is 1. The number of hydrogen-bond acceptors (Lipinski definition) is 3. The molecule has 16 heavy (non-hydrogen) atoms. The van der Waals surface area contributed by atoms with Crippen LogP contribution in [0.1, 0.15) is 11.4 Å². The Morgan fingerprint density at radius 2 is 2.25 bits per heavy atom. The summed E-state index contributed by atoms with van der Waals surface area (Å²) in [5, 5.41) is 3.85. The van der Waals surface area contributed by atoms with Gasteiger partial charge in [0, 0.05) is 17.0 Å². The second-order valence-corrected chi connectivity index (χ2v) is 3.65. The Morgan fingerprint density at radius 3 is 2.88 bits per heavy atom. The van der Waals surface area contributed by atoms with Crippen LogP contribution in [0.15, 0.2) is 27.5 Å². The molecular weight excluding hydrogens is 235 g/mol. The minimum Gasteiger partial charge on any atom is -0.296 e. The second-order valence-electron chi connectivity index (χ2n) is 3.24. The molecule has 0 fully saturated rings. The summed E-state index contributed by atoms with van der Waals surface area (Å²) < 4.78 is 17.7. The molecule has 0 saturated heterocycles. The Labute approximate surface area is 95.0 Å². The predicted octanol–water partition coefficient (Wildman–Crippen LogP) is 1.94. The molecule has 1 heterocycles. The minimum atomic E-state index is -0.616. The van der Waals surface area contributed by atoms with E-state index in [4.69, 9.17) is 11.6 Å². The first-order chi connectivity index (χ1) is 7.66. The molecule has 0 amide bonds. The molecule has 2 rings (SSSR count). The maximum absolute atomic E-state index is 13.4. The molecule has 1 aromatic heterocycles. The number of aromatic amines is 1. The highest BCUT2D eigenvalue weighted by atomic mass is 35.5. The van der Waals surface area contributed by atoms with Crippen LogP contribution in [0.4, 0.5) is 4.39 Å². The van der Waals surface area contributed by atoms with Crippen LogP contribution < -0.4 is 5.76 Å². The van der Waals surface area contributed by atoms with E-state index in [1.54, 1.807) is 12.1 Å². The summed E-state index contributed by atoms with van der Waals surface area (Å²) in [7, 11) is 0. The monoisotopic (exact) mass is 242 g/mol. The number of aromatic nitrogens is 2. The van der Waals surface area contributed by atoms with E-state index in [-0.39, 0.29) is 5.82 Å². The van der Waals surface area contributed by atoms with Crippen molar-refractivity contribution < 1.29 is 8.91 Å². The van der Waals surface area contributed by atoms with Gasteiger partial charge in [-0.15, -0.1) is 0 Å². The average molecular weight is 243 g/mol. The molecule has 0 atom stereocenters. The second kappa shape index (κ2) is 4.49. The van der Waals surface area contributed by atoms with E-state index in [2.05, 4.69) is 14.7 Å². The zero-order valence-electron chi connectivity index (χ0n) is 8.17. The molecule has 84 valence electrons. The van der Waals surface area contributed by atoms with Crippen molar-refractivity contribution in [1.29, 1.82) is 0 Å². The largest absolute Gasteiger partial charge is 0.438 e. The van der Waals surface area contributed by atoms with Crippen LogP contribution in [0.2, 0.25) is 5.02 Å². The standard InChI is InChI=1S/C10H8ClFN2O2/c11-7-2-1-3-8(12)6(7)4-5-9-13-10(15)16-14-9/h1-3H,4-5H2,(H,13,14,15). The molecule has 1 aromatic carbocycles. The third-order valence-corrected chi connectivity index (χ3v) is 2.51. The summed E-state index contributed by atoms with van der Waals surface area (Å²) in [5.74, 6) is -0.600. The topological polar surface area (TPSA) is 58.9 Å². The van der Waals surface area contributed by atoms with Crippen molar-refractivity contribution in [3.8, 4) is 0 Å². The number of nitrogens with zero attached hydrogens (tertiary/aromatic N) is 1. The lowest BCUT2D eigenvalue weighted by Gasteiger charge is -2.03. The number of benzene rings is 1. The van der Waals surface area contributed by atoms with E-state index >= 15 is 0 Å². The highest BCUT2D eigenvalue weighted by Crippen LogP contribution is 2.20.